The van der Waals surface area contributed by atoms with Crippen molar-refractivity contribution in [3.8, 4) is 5.75 Å². The molecule has 0 radical (unpaired) electrons. The molecule has 158 valence electrons. The number of carbonyl (C=O) groups is 1. The van der Waals surface area contributed by atoms with Crippen molar-refractivity contribution in [2.45, 2.75) is 45.4 Å². The predicted molar refractivity (Wildman–Crippen MR) is 114 cm³/mol. The maximum Gasteiger partial charge on any atom is 0.228 e. The fourth-order valence-corrected chi connectivity index (χ4v) is 3.33. The Morgan fingerprint density at radius 2 is 1.82 bits per heavy atom. The van der Waals surface area contributed by atoms with E-state index in [1.165, 1.54) is 5.56 Å². The molecule has 1 aliphatic carbocycles. The van der Waals surface area contributed by atoms with Crippen LogP contribution in [0, 0.1) is 5.41 Å². The lowest BCUT2D eigenvalue weighted by atomic mass is 9.87. The lowest BCUT2D eigenvalue weighted by Crippen LogP contribution is -2.40. The molecule has 0 heterocycles. The molecule has 0 unspecified atom stereocenters. The first-order valence-corrected chi connectivity index (χ1v) is 10.3. The molecule has 0 N–H and O–H groups in total. The second-order valence-electron chi connectivity index (χ2n) is 9.18. The number of nitrogens with zero attached hydrogens (tertiary/aromatic N) is 2. The third-order valence-corrected chi connectivity index (χ3v) is 5.70. The molecule has 1 aromatic rings. The second-order valence-corrected chi connectivity index (χ2v) is 9.18. The standard InChI is InChI=1S/C23H38N2O3/c1-22(2,3)19-8-7-9-20(18-19)28-17-15-24(4)13-14-25(5)21(26)23(10-11-23)12-16-27-6/h7-9,18H,10-17H2,1-6H3. The van der Waals surface area contributed by atoms with Crippen LogP contribution in [0.1, 0.15) is 45.6 Å². The van der Waals surface area contributed by atoms with Crippen LogP contribution < -0.4 is 4.74 Å². The first kappa shape index (κ1) is 22.7. The van der Waals surface area contributed by atoms with Gasteiger partial charge in [0.2, 0.25) is 5.91 Å². The summed E-state index contributed by atoms with van der Waals surface area (Å²) < 4.78 is 11.1. The van der Waals surface area contributed by atoms with Gasteiger partial charge in [0, 0.05) is 40.4 Å². The largest absolute Gasteiger partial charge is 0.492 e. The number of hydrogen-bond donors (Lipinski definition) is 0. The molecule has 1 fully saturated rings. The Kier molecular flexibility index (Phi) is 7.90. The maximum atomic E-state index is 12.7. The number of benzene rings is 1. The lowest BCUT2D eigenvalue weighted by Gasteiger charge is -2.26. The predicted octanol–water partition coefficient (Wildman–Crippen LogP) is 3.57. The average molecular weight is 391 g/mol. The van der Waals surface area contributed by atoms with Gasteiger partial charge in [-0.2, -0.15) is 0 Å². The fraction of sp³-hybridized carbons (Fsp3) is 0.696. The van der Waals surface area contributed by atoms with Gasteiger partial charge in [-0.15, -0.1) is 0 Å². The number of ether oxygens (including phenoxy) is 2. The zero-order chi connectivity index (χ0) is 20.8. The van der Waals surface area contributed by atoms with Crippen molar-refractivity contribution >= 4 is 5.91 Å². The minimum absolute atomic E-state index is 0.120. The van der Waals surface area contributed by atoms with Crippen LogP contribution >= 0.6 is 0 Å². The molecule has 0 saturated heterocycles. The highest BCUT2D eigenvalue weighted by Gasteiger charge is 2.50. The molecule has 5 heteroatoms. The van der Waals surface area contributed by atoms with Crippen LogP contribution in [0.15, 0.2) is 24.3 Å². The van der Waals surface area contributed by atoms with E-state index < -0.39 is 0 Å². The van der Waals surface area contributed by atoms with E-state index in [1.807, 2.05) is 18.0 Å². The van der Waals surface area contributed by atoms with Crippen molar-refractivity contribution < 1.29 is 14.3 Å². The third kappa shape index (κ3) is 6.49. The first-order valence-electron chi connectivity index (χ1n) is 10.3. The Bertz CT molecular complexity index is 635. The molecule has 2 rings (SSSR count). The third-order valence-electron chi connectivity index (χ3n) is 5.70. The van der Waals surface area contributed by atoms with Crippen molar-refractivity contribution in [1.82, 2.24) is 9.80 Å². The normalized spacial score (nSPS) is 15.5. The molecular weight excluding hydrogens is 352 g/mol. The van der Waals surface area contributed by atoms with E-state index in [2.05, 4.69) is 50.9 Å². The summed E-state index contributed by atoms with van der Waals surface area (Å²) in [6, 6.07) is 8.33. The number of methoxy groups -OCH3 is 1. The van der Waals surface area contributed by atoms with E-state index in [4.69, 9.17) is 9.47 Å². The molecule has 0 aromatic heterocycles. The van der Waals surface area contributed by atoms with Crippen LogP contribution in [-0.4, -0.2) is 69.8 Å². The SMILES string of the molecule is COCCC1(C(=O)N(C)CCN(C)CCOc2cccc(C(C)(C)C)c2)CC1. The number of amides is 1. The zero-order valence-electron chi connectivity index (χ0n) is 18.6. The zero-order valence-corrected chi connectivity index (χ0v) is 18.6. The van der Waals surface area contributed by atoms with Gasteiger partial charge in [-0.05, 0) is 49.4 Å². The average Bonchev–Trinajstić information content (AvgIpc) is 3.44. The van der Waals surface area contributed by atoms with Gasteiger partial charge < -0.3 is 19.3 Å². The minimum atomic E-state index is -0.148. The number of hydrogen-bond acceptors (Lipinski definition) is 4. The van der Waals surface area contributed by atoms with E-state index in [-0.39, 0.29) is 16.7 Å². The van der Waals surface area contributed by atoms with Crippen LogP contribution in [0.25, 0.3) is 0 Å². The minimum Gasteiger partial charge on any atom is -0.492 e. The van der Waals surface area contributed by atoms with Gasteiger partial charge >= 0.3 is 0 Å². The highest BCUT2D eigenvalue weighted by molar-refractivity contribution is 5.85. The molecule has 0 aliphatic heterocycles. The molecule has 0 atom stereocenters. The Labute approximate surface area is 171 Å². The van der Waals surface area contributed by atoms with Gasteiger partial charge in [0.1, 0.15) is 12.4 Å². The summed E-state index contributed by atoms with van der Waals surface area (Å²) >= 11 is 0. The molecule has 28 heavy (non-hydrogen) atoms. The topological polar surface area (TPSA) is 42.0 Å². The quantitative estimate of drug-likeness (QED) is 0.579. The molecule has 0 spiro atoms. The van der Waals surface area contributed by atoms with Crippen LogP contribution in [0.3, 0.4) is 0 Å². The summed E-state index contributed by atoms with van der Waals surface area (Å²) in [6.07, 6.45) is 2.83. The van der Waals surface area contributed by atoms with E-state index in [0.717, 1.165) is 44.6 Å². The van der Waals surface area contributed by atoms with Crippen LogP contribution in [-0.2, 0) is 14.9 Å². The van der Waals surface area contributed by atoms with Crippen molar-refractivity contribution in [3.05, 3.63) is 29.8 Å². The molecule has 0 bridgehead atoms. The van der Waals surface area contributed by atoms with Gasteiger partial charge in [-0.1, -0.05) is 32.9 Å². The summed E-state index contributed by atoms with van der Waals surface area (Å²) in [7, 11) is 5.68. The molecule has 1 aliphatic rings. The Morgan fingerprint density at radius 3 is 2.43 bits per heavy atom. The van der Waals surface area contributed by atoms with Gasteiger partial charge in [0.15, 0.2) is 0 Å². The van der Waals surface area contributed by atoms with E-state index in [0.29, 0.717) is 13.2 Å². The van der Waals surface area contributed by atoms with Crippen molar-refractivity contribution in [3.63, 3.8) is 0 Å². The molecule has 1 amide bonds. The van der Waals surface area contributed by atoms with E-state index in [1.54, 1.807) is 7.11 Å². The van der Waals surface area contributed by atoms with Gasteiger partial charge in [0.25, 0.3) is 0 Å². The van der Waals surface area contributed by atoms with Gasteiger partial charge in [-0.3, -0.25) is 4.79 Å². The monoisotopic (exact) mass is 390 g/mol. The Balaban J connectivity index is 1.70. The smallest absolute Gasteiger partial charge is 0.228 e. The highest BCUT2D eigenvalue weighted by atomic mass is 16.5. The Morgan fingerprint density at radius 1 is 1.11 bits per heavy atom. The van der Waals surface area contributed by atoms with Crippen LogP contribution in [0.2, 0.25) is 0 Å². The van der Waals surface area contributed by atoms with Gasteiger partial charge in [0.05, 0.1) is 5.41 Å². The Hall–Kier alpha value is -1.59. The molecule has 1 aromatic carbocycles. The number of rotatable bonds is 11. The summed E-state index contributed by atoms with van der Waals surface area (Å²) in [5.74, 6) is 1.19. The van der Waals surface area contributed by atoms with E-state index in [9.17, 15) is 4.79 Å². The van der Waals surface area contributed by atoms with Crippen molar-refractivity contribution in [1.29, 1.82) is 0 Å². The number of likely N-dealkylation sites (N-methyl/N-ethyl adjacent to an activating group) is 2. The second kappa shape index (κ2) is 9.75. The van der Waals surface area contributed by atoms with Gasteiger partial charge in [-0.25, -0.2) is 0 Å². The van der Waals surface area contributed by atoms with Crippen LogP contribution in [0.5, 0.6) is 5.75 Å². The molecule has 5 nitrogen and oxygen atoms in total. The molecular formula is C23H38N2O3. The highest BCUT2D eigenvalue weighted by Crippen LogP contribution is 2.50. The summed E-state index contributed by atoms with van der Waals surface area (Å²) in [5, 5.41) is 0. The maximum absolute atomic E-state index is 12.7. The van der Waals surface area contributed by atoms with Crippen LogP contribution in [0.4, 0.5) is 0 Å². The van der Waals surface area contributed by atoms with Crippen molar-refractivity contribution in [2.24, 2.45) is 5.41 Å². The summed E-state index contributed by atoms with van der Waals surface area (Å²) in [5.41, 5.74) is 1.25. The lowest BCUT2D eigenvalue weighted by molar-refractivity contribution is -0.136. The summed E-state index contributed by atoms with van der Waals surface area (Å²) in [6.45, 7) is 10.3. The summed E-state index contributed by atoms with van der Waals surface area (Å²) in [4.78, 5) is 16.8. The number of carbonyl (C=O) groups excluding carboxylic acids is 1. The van der Waals surface area contributed by atoms with E-state index >= 15 is 0 Å². The molecule has 1 saturated carbocycles. The first-order chi connectivity index (χ1) is 13.2. The van der Waals surface area contributed by atoms with Crippen molar-refractivity contribution in [2.75, 3.05) is 54.1 Å². The fourth-order valence-electron chi connectivity index (χ4n) is 3.33.